The molecule has 2 nitrogen and oxygen atoms in total. The van der Waals surface area contributed by atoms with E-state index < -0.39 is 11.6 Å². The maximum absolute atomic E-state index is 15.8. The zero-order valence-electron chi connectivity index (χ0n) is 21.5. The van der Waals surface area contributed by atoms with Crippen LogP contribution in [-0.4, -0.2) is 13.1 Å². The Kier molecular flexibility index (Phi) is 7.77. The van der Waals surface area contributed by atoms with Gasteiger partial charge < -0.3 is 9.80 Å². The quantitative estimate of drug-likeness (QED) is 0.212. The number of halogens is 4. The number of hydrogen-bond donors (Lipinski definition) is 0. The first-order valence-corrected chi connectivity index (χ1v) is 15.1. The van der Waals surface area contributed by atoms with Crippen molar-refractivity contribution >= 4 is 43.2 Å². The molecule has 0 radical (unpaired) electrons. The van der Waals surface area contributed by atoms with Gasteiger partial charge in [-0.3, -0.25) is 0 Å². The van der Waals surface area contributed by atoms with E-state index in [-0.39, 0.29) is 17.8 Å². The molecule has 6 rings (SSSR count). The van der Waals surface area contributed by atoms with Crippen LogP contribution < -0.4 is 9.80 Å². The van der Waals surface area contributed by atoms with Crippen LogP contribution in [0, 0.1) is 11.6 Å². The molecule has 2 saturated heterocycles. The summed E-state index contributed by atoms with van der Waals surface area (Å²) in [6.45, 7) is 1.28. The Labute approximate surface area is 245 Å². The lowest BCUT2D eigenvalue weighted by molar-refractivity contribution is 0.486. The number of benzene rings is 4. The van der Waals surface area contributed by atoms with Crippen molar-refractivity contribution in [3.05, 3.63) is 128 Å². The van der Waals surface area contributed by atoms with Crippen LogP contribution in [0.5, 0.6) is 0 Å². The van der Waals surface area contributed by atoms with Gasteiger partial charge in [-0.2, -0.15) is 0 Å². The zero-order chi connectivity index (χ0) is 26.9. The van der Waals surface area contributed by atoms with Gasteiger partial charge in [0.2, 0.25) is 0 Å². The van der Waals surface area contributed by atoms with Gasteiger partial charge in [0, 0.05) is 27.7 Å². The predicted molar refractivity (Wildman–Crippen MR) is 162 cm³/mol. The van der Waals surface area contributed by atoms with E-state index >= 15 is 8.78 Å². The molecule has 0 unspecified atom stereocenters. The smallest absolute Gasteiger partial charge is 0.151 e. The van der Waals surface area contributed by atoms with Crippen molar-refractivity contribution in [2.24, 2.45) is 0 Å². The minimum absolute atomic E-state index is 0.0259. The third kappa shape index (κ3) is 5.51. The molecule has 0 aliphatic carbocycles. The minimum atomic E-state index is -0.487. The Hall–Kier alpha value is -2.70. The summed E-state index contributed by atoms with van der Waals surface area (Å²) in [5, 5.41) is 0. The summed E-state index contributed by atoms with van der Waals surface area (Å²) in [4.78, 5) is 4.10. The highest BCUT2D eigenvalue weighted by Gasteiger charge is 2.37. The highest BCUT2D eigenvalue weighted by Crippen LogP contribution is 2.48. The van der Waals surface area contributed by atoms with Gasteiger partial charge in [-0.05, 0) is 84.7 Å². The summed E-state index contributed by atoms with van der Waals surface area (Å²) >= 11 is 7.06. The first-order valence-electron chi connectivity index (χ1n) is 13.6. The Morgan fingerprint density at radius 3 is 1.56 bits per heavy atom. The molecular formula is C33H30Br2F2N2. The second-order valence-electron chi connectivity index (χ2n) is 10.5. The lowest BCUT2D eigenvalue weighted by Crippen LogP contribution is -2.34. The summed E-state index contributed by atoms with van der Waals surface area (Å²) in [7, 11) is 0. The van der Waals surface area contributed by atoms with E-state index in [9.17, 15) is 0 Å². The molecule has 200 valence electrons. The molecule has 39 heavy (non-hydrogen) atoms. The van der Waals surface area contributed by atoms with Crippen molar-refractivity contribution in [1.82, 2.24) is 0 Å². The molecule has 0 amide bonds. The maximum atomic E-state index is 15.8. The van der Waals surface area contributed by atoms with Gasteiger partial charge in [0.25, 0.3) is 0 Å². The largest absolute Gasteiger partial charge is 0.367 e. The van der Waals surface area contributed by atoms with Crippen LogP contribution in [0.25, 0.3) is 0 Å². The van der Waals surface area contributed by atoms with Gasteiger partial charge in [0.05, 0.1) is 12.1 Å². The fourth-order valence-corrected chi connectivity index (χ4v) is 6.89. The Bertz CT molecular complexity index is 1340. The van der Waals surface area contributed by atoms with E-state index in [0.717, 1.165) is 45.8 Å². The topological polar surface area (TPSA) is 6.48 Å². The van der Waals surface area contributed by atoms with Crippen LogP contribution in [0.1, 0.15) is 60.4 Å². The monoisotopic (exact) mass is 650 g/mol. The molecular weight excluding hydrogens is 622 g/mol. The van der Waals surface area contributed by atoms with Crippen molar-refractivity contribution in [3.8, 4) is 0 Å². The fraction of sp³-hybridized carbons (Fsp3) is 0.273. The van der Waals surface area contributed by atoms with Crippen LogP contribution in [0.2, 0.25) is 0 Å². The summed E-state index contributed by atoms with van der Waals surface area (Å²) in [6.07, 6.45) is 3.57. The van der Waals surface area contributed by atoms with E-state index in [1.807, 2.05) is 35.2 Å². The van der Waals surface area contributed by atoms with Crippen molar-refractivity contribution in [2.75, 3.05) is 22.9 Å². The summed E-state index contributed by atoms with van der Waals surface area (Å²) in [6, 6.07) is 30.1. The van der Waals surface area contributed by atoms with E-state index in [1.54, 1.807) is 12.1 Å². The van der Waals surface area contributed by atoms with Crippen molar-refractivity contribution in [3.63, 3.8) is 0 Å². The van der Waals surface area contributed by atoms with Crippen LogP contribution in [0.4, 0.5) is 20.2 Å². The number of nitrogens with zero attached hydrogens (tertiary/aromatic N) is 2. The van der Waals surface area contributed by atoms with Crippen molar-refractivity contribution in [1.29, 1.82) is 0 Å². The third-order valence-electron chi connectivity index (χ3n) is 8.28. The van der Waals surface area contributed by atoms with Crippen LogP contribution in [0.3, 0.4) is 0 Å². The number of hydrogen-bond acceptors (Lipinski definition) is 2. The number of piperidine rings is 1. The molecule has 0 saturated carbocycles. The predicted octanol–water partition coefficient (Wildman–Crippen LogP) is 9.96. The van der Waals surface area contributed by atoms with Gasteiger partial charge in [0.15, 0.2) is 11.6 Å². The first-order chi connectivity index (χ1) is 19.0. The van der Waals surface area contributed by atoms with Gasteiger partial charge in [-0.15, -0.1) is 0 Å². The fourth-order valence-electron chi connectivity index (χ4n) is 6.36. The second-order valence-corrected chi connectivity index (χ2v) is 12.4. The van der Waals surface area contributed by atoms with E-state index in [0.29, 0.717) is 24.7 Å². The molecule has 0 spiro atoms. The normalized spacial score (nSPS) is 20.0. The maximum Gasteiger partial charge on any atom is 0.151 e. The highest BCUT2D eigenvalue weighted by molar-refractivity contribution is 9.10. The number of anilines is 2. The zero-order valence-corrected chi connectivity index (χ0v) is 24.7. The molecule has 2 fully saturated rings. The third-order valence-corrected chi connectivity index (χ3v) is 9.33. The first kappa shape index (κ1) is 26.5. The summed E-state index contributed by atoms with van der Waals surface area (Å²) in [5.74, 6) is -0.547. The van der Waals surface area contributed by atoms with Crippen LogP contribution in [-0.2, 0) is 0 Å². The molecule has 2 aliphatic heterocycles. The average molecular weight is 652 g/mol. The molecule has 6 heteroatoms. The lowest BCUT2D eigenvalue weighted by Gasteiger charge is -2.36. The molecule has 4 aromatic carbocycles. The van der Waals surface area contributed by atoms with Gasteiger partial charge in [-0.25, -0.2) is 8.78 Å². The van der Waals surface area contributed by atoms with Gasteiger partial charge in [-0.1, -0.05) is 86.5 Å². The molecule has 2 heterocycles. The van der Waals surface area contributed by atoms with Gasteiger partial charge >= 0.3 is 0 Å². The molecule has 0 bridgehead atoms. The molecule has 2 aliphatic rings. The number of rotatable bonds is 5. The van der Waals surface area contributed by atoms with E-state index in [2.05, 4.69) is 85.3 Å². The summed E-state index contributed by atoms with van der Waals surface area (Å²) < 4.78 is 33.6. The van der Waals surface area contributed by atoms with Crippen molar-refractivity contribution in [2.45, 2.75) is 43.7 Å². The standard InChI is InChI=1S/C33H30Br2F2N2/c34-26-10-6-24(7-11-26)31-14-15-32(25-8-12-27(35)13-9-25)39(31)28-20-29(36)33(30(37)21-28)38-18-16-23(17-19-38)22-4-2-1-3-5-22/h1-13,20-21,23,31-32H,14-19H2/t31-,32-/m1/s1. The second kappa shape index (κ2) is 11.4. The summed E-state index contributed by atoms with van der Waals surface area (Å²) in [5.41, 5.74) is 4.29. The molecule has 0 aromatic heterocycles. The highest BCUT2D eigenvalue weighted by atomic mass is 79.9. The lowest BCUT2D eigenvalue weighted by atomic mass is 9.89. The van der Waals surface area contributed by atoms with E-state index in [4.69, 9.17) is 0 Å². The van der Waals surface area contributed by atoms with Crippen LogP contribution >= 0.6 is 31.9 Å². The molecule has 2 atom stereocenters. The van der Waals surface area contributed by atoms with Crippen LogP contribution in [0.15, 0.2) is 99.9 Å². The van der Waals surface area contributed by atoms with Crippen molar-refractivity contribution < 1.29 is 8.78 Å². The van der Waals surface area contributed by atoms with Gasteiger partial charge in [0.1, 0.15) is 5.69 Å². The van der Waals surface area contributed by atoms with E-state index in [1.165, 1.54) is 5.56 Å². The minimum Gasteiger partial charge on any atom is -0.367 e. The molecule has 4 aromatic rings. The Balaban J connectivity index is 1.31. The Morgan fingerprint density at radius 1 is 0.590 bits per heavy atom. The molecule has 0 N–H and O–H groups in total. The average Bonchev–Trinajstić information content (AvgIpc) is 3.39. The SMILES string of the molecule is Fc1cc(N2[C@@H](c3ccc(Br)cc3)CC[C@@H]2c2ccc(Br)cc2)cc(F)c1N1CCC(c2ccccc2)CC1. The Morgan fingerprint density at radius 2 is 1.08 bits per heavy atom.